The Labute approximate surface area is 207 Å². The van der Waals surface area contributed by atoms with Crippen LogP contribution in [0.4, 0.5) is 0 Å². The van der Waals surface area contributed by atoms with Crippen LogP contribution >= 0.6 is 12.6 Å². The van der Waals surface area contributed by atoms with Gasteiger partial charge < -0.3 is 13.9 Å². The first-order chi connectivity index (χ1) is 16.8. The van der Waals surface area contributed by atoms with Crippen LogP contribution in [0.1, 0.15) is 69.8 Å². The Morgan fingerprint density at radius 2 is 1.44 bits per heavy atom. The largest absolute Gasteiger partial charge is 0.494 e. The summed E-state index contributed by atoms with van der Waals surface area (Å²) in [7, 11) is -0.249. The van der Waals surface area contributed by atoms with Crippen LogP contribution in [-0.4, -0.2) is 38.8 Å². The first-order valence-electron chi connectivity index (χ1n) is 13.0. The molecule has 6 nitrogen and oxygen atoms in total. The molecule has 3 heterocycles. The number of imidazole rings is 1. The molecule has 2 unspecified atom stereocenters. The Morgan fingerprint density at radius 3 is 2.06 bits per heavy atom. The minimum absolute atomic E-state index is 0.249. The van der Waals surface area contributed by atoms with Crippen molar-refractivity contribution >= 4 is 36.4 Å². The summed E-state index contributed by atoms with van der Waals surface area (Å²) in [5.41, 5.74) is 3.85. The predicted molar refractivity (Wildman–Crippen MR) is 136 cm³/mol. The molecule has 6 rings (SSSR count). The molecule has 0 radical (unpaired) electrons. The van der Waals surface area contributed by atoms with Gasteiger partial charge in [-0.15, -0.1) is 12.6 Å². The lowest BCUT2D eigenvalue weighted by Crippen LogP contribution is -2.38. The van der Waals surface area contributed by atoms with Crippen molar-refractivity contribution in [2.45, 2.75) is 88.0 Å². The Balaban J connectivity index is 1.18. The maximum atomic E-state index is 6.71. The van der Waals surface area contributed by atoms with Crippen molar-refractivity contribution in [2.75, 3.05) is 0 Å². The summed E-state index contributed by atoms with van der Waals surface area (Å²) in [5, 5.41) is 0.606. The van der Waals surface area contributed by atoms with E-state index in [1.807, 2.05) is 4.57 Å². The van der Waals surface area contributed by atoms with Gasteiger partial charge in [0.05, 0.1) is 25.1 Å². The molecular weight excluding hydrogens is 443 g/mol. The first kappa shape index (κ1) is 22.6. The van der Waals surface area contributed by atoms with Crippen LogP contribution in [0.15, 0.2) is 41.9 Å². The number of aromatic nitrogens is 4. The number of rotatable bonds is 5. The molecule has 3 aromatic rings. The molecule has 0 amide bonds. The van der Waals surface area contributed by atoms with Crippen LogP contribution in [-0.2, 0) is 15.9 Å². The highest BCUT2D eigenvalue weighted by molar-refractivity contribution is 7.80. The maximum absolute atomic E-state index is 6.71. The summed E-state index contributed by atoms with van der Waals surface area (Å²) < 4.78 is 15.4. The fourth-order valence-electron chi connectivity index (χ4n) is 6.27. The van der Waals surface area contributed by atoms with Crippen molar-refractivity contribution in [1.82, 2.24) is 19.5 Å². The highest BCUT2D eigenvalue weighted by atomic mass is 32.1. The lowest BCUT2D eigenvalue weighted by atomic mass is 9.77. The van der Waals surface area contributed by atoms with E-state index in [4.69, 9.17) is 9.31 Å². The minimum Gasteiger partial charge on any atom is -0.402 e. The van der Waals surface area contributed by atoms with Crippen LogP contribution in [0.3, 0.4) is 0 Å². The predicted octanol–water partition coefficient (Wildman–Crippen LogP) is 4.80. The third-order valence-corrected chi connectivity index (χ3v) is 8.43. The second kappa shape index (κ2) is 10.00. The van der Waals surface area contributed by atoms with E-state index in [2.05, 4.69) is 51.8 Å². The molecule has 1 aromatic carbocycles. The number of hydrogen-bond acceptors (Lipinski definition) is 6. The van der Waals surface area contributed by atoms with Crippen LogP contribution in [0, 0.1) is 11.8 Å². The van der Waals surface area contributed by atoms with E-state index < -0.39 is 0 Å². The molecule has 3 aliphatic rings. The van der Waals surface area contributed by atoms with Crippen molar-refractivity contribution < 1.29 is 9.31 Å². The normalized spacial score (nSPS) is 24.8. The van der Waals surface area contributed by atoms with Crippen molar-refractivity contribution in [3.8, 4) is 0 Å². The lowest BCUT2D eigenvalue weighted by molar-refractivity contribution is 0.0324. The smallest absolute Gasteiger partial charge is 0.402 e. The van der Waals surface area contributed by atoms with Gasteiger partial charge in [0, 0.05) is 0 Å². The quantitative estimate of drug-likeness (QED) is 0.326. The SMILES string of the molecule is Sc1ncnc2c1ncn2Cc1ccc(B2OC(C3CCCCC3)C(C3CCCCC3)O2)cc1. The molecule has 8 heteroatoms. The Hall–Kier alpha value is -1.90. The molecule has 3 fully saturated rings. The van der Waals surface area contributed by atoms with Crippen LogP contribution in [0.2, 0.25) is 0 Å². The Kier molecular flexibility index (Phi) is 6.63. The average Bonchev–Trinajstić information content (AvgIpc) is 3.52. The van der Waals surface area contributed by atoms with E-state index in [9.17, 15) is 0 Å². The summed E-state index contributed by atoms with van der Waals surface area (Å²) in [6.07, 6.45) is 17.1. The fraction of sp³-hybridized carbons (Fsp3) is 0.577. The van der Waals surface area contributed by atoms with Crippen molar-refractivity contribution in [3.05, 3.63) is 42.5 Å². The standard InChI is InChI=1S/C26H33BN4O2S/c34-26-22-25(28-16-29-26)31(17-30-22)15-18-11-13-21(14-12-18)27-32-23(19-7-3-1-4-8-19)24(33-27)20-9-5-2-6-10-20/h11-14,16-17,19-20,23-24H,1-10,15H2,(H,28,29,34). The topological polar surface area (TPSA) is 62.1 Å². The monoisotopic (exact) mass is 476 g/mol. The molecule has 2 aromatic heterocycles. The van der Waals surface area contributed by atoms with Gasteiger partial charge in [-0.2, -0.15) is 0 Å². The first-order valence-corrected chi connectivity index (χ1v) is 13.5. The van der Waals surface area contributed by atoms with E-state index in [0.717, 1.165) is 16.6 Å². The molecule has 0 N–H and O–H groups in total. The minimum atomic E-state index is -0.249. The Morgan fingerprint density at radius 1 is 0.824 bits per heavy atom. The van der Waals surface area contributed by atoms with E-state index in [1.165, 1.54) is 76.1 Å². The zero-order chi connectivity index (χ0) is 22.9. The van der Waals surface area contributed by atoms with Gasteiger partial charge in [0.15, 0.2) is 5.65 Å². The van der Waals surface area contributed by atoms with E-state index in [0.29, 0.717) is 23.4 Å². The molecule has 34 heavy (non-hydrogen) atoms. The van der Waals surface area contributed by atoms with Crippen molar-refractivity contribution in [1.29, 1.82) is 0 Å². The molecule has 2 atom stereocenters. The van der Waals surface area contributed by atoms with Crippen LogP contribution in [0.25, 0.3) is 11.2 Å². The third kappa shape index (κ3) is 4.52. The van der Waals surface area contributed by atoms with E-state index in [1.54, 1.807) is 6.33 Å². The van der Waals surface area contributed by atoms with Gasteiger partial charge in [0.25, 0.3) is 0 Å². The van der Waals surface area contributed by atoms with Crippen LogP contribution in [0.5, 0.6) is 0 Å². The fourth-order valence-corrected chi connectivity index (χ4v) is 6.48. The second-order valence-corrected chi connectivity index (χ2v) is 10.7. The molecule has 0 spiro atoms. The number of hydrogen-bond donors (Lipinski definition) is 1. The molecule has 2 aliphatic carbocycles. The van der Waals surface area contributed by atoms with Crippen molar-refractivity contribution in [2.24, 2.45) is 11.8 Å². The summed E-state index contributed by atoms with van der Waals surface area (Å²) in [5.74, 6) is 1.30. The molecule has 1 aliphatic heterocycles. The zero-order valence-corrected chi connectivity index (χ0v) is 20.6. The van der Waals surface area contributed by atoms with Gasteiger partial charge in [-0.25, -0.2) is 15.0 Å². The van der Waals surface area contributed by atoms with Gasteiger partial charge in [-0.05, 0) is 48.5 Å². The highest BCUT2D eigenvalue weighted by Gasteiger charge is 2.47. The van der Waals surface area contributed by atoms with Gasteiger partial charge in [-0.3, -0.25) is 0 Å². The number of benzene rings is 1. The maximum Gasteiger partial charge on any atom is 0.494 e. The van der Waals surface area contributed by atoms with Crippen LogP contribution < -0.4 is 5.46 Å². The second-order valence-electron chi connectivity index (χ2n) is 10.3. The van der Waals surface area contributed by atoms with Crippen molar-refractivity contribution in [3.63, 3.8) is 0 Å². The average molecular weight is 476 g/mol. The van der Waals surface area contributed by atoms with E-state index >= 15 is 0 Å². The Bertz CT molecular complexity index is 1090. The zero-order valence-electron chi connectivity index (χ0n) is 19.7. The van der Waals surface area contributed by atoms with Gasteiger partial charge in [0.1, 0.15) is 16.9 Å². The summed E-state index contributed by atoms with van der Waals surface area (Å²) in [6, 6.07) is 8.67. The summed E-state index contributed by atoms with van der Waals surface area (Å²) in [6.45, 7) is 0.697. The lowest BCUT2D eigenvalue weighted by Gasteiger charge is -2.35. The summed E-state index contributed by atoms with van der Waals surface area (Å²) >= 11 is 4.39. The molecule has 1 saturated heterocycles. The molecule has 0 bridgehead atoms. The third-order valence-electron chi connectivity index (χ3n) is 8.10. The van der Waals surface area contributed by atoms with Gasteiger partial charge >= 0.3 is 7.12 Å². The highest BCUT2D eigenvalue weighted by Crippen LogP contribution is 2.40. The van der Waals surface area contributed by atoms with Gasteiger partial charge in [-0.1, -0.05) is 62.8 Å². The van der Waals surface area contributed by atoms with Gasteiger partial charge in [0.2, 0.25) is 0 Å². The summed E-state index contributed by atoms with van der Waals surface area (Å²) in [4.78, 5) is 12.9. The molecule has 178 valence electrons. The molecular formula is C26H33BN4O2S. The van der Waals surface area contributed by atoms with E-state index in [-0.39, 0.29) is 19.3 Å². The number of fused-ring (bicyclic) bond motifs is 1. The molecule has 2 saturated carbocycles. The number of nitrogens with zero attached hydrogens (tertiary/aromatic N) is 4. The number of thiol groups is 1.